The van der Waals surface area contributed by atoms with Gasteiger partial charge in [0.1, 0.15) is 5.75 Å². The molecule has 1 unspecified atom stereocenters. The van der Waals surface area contributed by atoms with Gasteiger partial charge in [-0.05, 0) is 54.7 Å². The van der Waals surface area contributed by atoms with Crippen LogP contribution in [-0.4, -0.2) is 45.5 Å². The number of carbonyl (C=O) groups is 2. The zero-order chi connectivity index (χ0) is 23.1. The molecule has 1 N–H and O–H groups in total. The molecule has 1 fully saturated rings. The number of rotatable bonds is 4. The minimum absolute atomic E-state index is 0.0442. The molecule has 1 saturated heterocycles. The summed E-state index contributed by atoms with van der Waals surface area (Å²) in [4.78, 5) is 39.6. The molecule has 0 spiro atoms. The van der Waals surface area contributed by atoms with Crippen LogP contribution in [0.1, 0.15) is 24.0 Å². The van der Waals surface area contributed by atoms with Crippen LogP contribution in [-0.2, 0) is 36.5 Å². The molecule has 172 valence electrons. The lowest BCUT2D eigenvalue weighted by atomic mass is 10.0. The van der Waals surface area contributed by atoms with E-state index in [4.69, 9.17) is 4.74 Å². The maximum absolute atomic E-state index is 12.9. The summed E-state index contributed by atoms with van der Waals surface area (Å²) in [5, 5.41) is 2.96. The molecule has 2 aliphatic rings. The van der Waals surface area contributed by atoms with Gasteiger partial charge in [-0.1, -0.05) is 12.1 Å². The first-order valence-corrected chi connectivity index (χ1v) is 11.4. The molecule has 5 rings (SSSR count). The Balaban J connectivity index is 1.21. The lowest BCUT2D eigenvalue weighted by Crippen LogP contribution is -2.32. The summed E-state index contributed by atoms with van der Waals surface area (Å²) < 4.78 is 8.80. The Morgan fingerprint density at radius 1 is 1.09 bits per heavy atom. The third kappa shape index (κ3) is 4.01. The molecule has 33 heavy (non-hydrogen) atoms. The Kier molecular flexibility index (Phi) is 5.44. The first-order valence-electron chi connectivity index (χ1n) is 11.4. The molecule has 8 nitrogen and oxygen atoms in total. The molecule has 2 aromatic carbocycles. The number of aromatic nitrogens is 2. The summed E-state index contributed by atoms with van der Waals surface area (Å²) in [5.41, 5.74) is 4.27. The van der Waals surface area contributed by atoms with E-state index in [-0.39, 0.29) is 23.4 Å². The van der Waals surface area contributed by atoms with Gasteiger partial charge in [-0.2, -0.15) is 0 Å². The number of nitrogens with one attached hydrogen (secondary N) is 1. The second-order valence-corrected chi connectivity index (χ2v) is 8.99. The molecule has 2 amide bonds. The van der Waals surface area contributed by atoms with Gasteiger partial charge in [0.25, 0.3) is 0 Å². The molecule has 0 saturated carbocycles. The van der Waals surface area contributed by atoms with E-state index < -0.39 is 0 Å². The van der Waals surface area contributed by atoms with E-state index in [0.717, 1.165) is 47.4 Å². The number of ether oxygens (including phenoxy) is 1. The number of imidazole rings is 1. The molecule has 1 atom stereocenters. The highest BCUT2D eigenvalue weighted by atomic mass is 16.5. The first kappa shape index (κ1) is 21.3. The quantitative estimate of drug-likeness (QED) is 0.663. The number of benzene rings is 2. The predicted molar refractivity (Wildman–Crippen MR) is 125 cm³/mol. The Labute approximate surface area is 191 Å². The van der Waals surface area contributed by atoms with Crippen LogP contribution in [0.2, 0.25) is 0 Å². The normalized spacial score (nSPS) is 17.6. The molecule has 3 heterocycles. The lowest BCUT2D eigenvalue weighted by molar-refractivity contribution is -0.129. The summed E-state index contributed by atoms with van der Waals surface area (Å²) >= 11 is 0. The molecule has 0 radical (unpaired) electrons. The van der Waals surface area contributed by atoms with Gasteiger partial charge in [-0.25, -0.2) is 4.79 Å². The smallest absolute Gasteiger partial charge is 0.328 e. The van der Waals surface area contributed by atoms with Gasteiger partial charge in [0.2, 0.25) is 11.8 Å². The molecule has 0 aliphatic carbocycles. The minimum Gasteiger partial charge on any atom is -0.493 e. The van der Waals surface area contributed by atoms with E-state index in [9.17, 15) is 14.4 Å². The molecular formula is C25H28N4O4. The second kappa shape index (κ2) is 8.42. The monoisotopic (exact) mass is 448 g/mol. The van der Waals surface area contributed by atoms with Gasteiger partial charge in [0.15, 0.2) is 0 Å². The lowest BCUT2D eigenvalue weighted by Gasteiger charge is -2.19. The van der Waals surface area contributed by atoms with E-state index in [2.05, 4.69) is 11.4 Å². The van der Waals surface area contributed by atoms with Crippen molar-refractivity contribution in [3.8, 4) is 5.75 Å². The molecule has 0 bridgehead atoms. The number of hydrogen-bond acceptors (Lipinski definition) is 4. The minimum atomic E-state index is -0.249. The van der Waals surface area contributed by atoms with Gasteiger partial charge in [-0.15, -0.1) is 0 Å². The number of hydrogen-bond donors (Lipinski definition) is 1. The topological polar surface area (TPSA) is 85.6 Å². The van der Waals surface area contributed by atoms with Gasteiger partial charge in [0, 0.05) is 32.9 Å². The first-order chi connectivity index (χ1) is 15.9. The van der Waals surface area contributed by atoms with Gasteiger partial charge in [0.05, 0.1) is 30.0 Å². The van der Waals surface area contributed by atoms with Gasteiger partial charge < -0.3 is 15.0 Å². The number of fused-ring (bicyclic) bond motifs is 2. The highest BCUT2D eigenvalue weighted by molar-refractivity contribution is 5.95. The average molecular weight is 449 g/mol. The van der Waals surface area contributed by atoms with Crippen LogP contribution in [0.3, 0.4) is 0 Å². The van der Waals surface area contributed by atoms with Crippen molar-refractivity contribution in [1.82, 2.24) is 14.0 Å². The highest BCUT2D eigenvalue weighted by Crippen LogP contribution is 2.27. The second-order valence-electron chi connectivity index (χ2n) is 8.99. The highest BCUT2D eigenvalue weighted by Gasteiger charge is 2.31. The van der Waals surface area contributed by atoms with Crippen molar-refractivity contribution >= 4 is 28.5 Å². The standard InChI is InChI=1S/C25H28N4O4/c1-27-20-7-6-19(14-21(20)28(2)25(27)32)26-24(31)18-9-10-29(15-18)23(30)13-16-5-8-22-17(12-16)4-3-11-33-22/h5-8,12,14,18H,3-4,9-11,13,15H2,1-2H3,(H,26,31). The molecular weight excluding hydrogens is 420 g/mol. The number of carbonyl (C=O) groups excluding carboxylic acids is 2. The Hall–Kier alpha value is -3.55. The van der Waals surface area contributed by atoms with Crippen LogP contribution in [0.25, 0.3) is 11.0 Å². The summed E-state index contributed by atoms with van der Waals surface area (Å²) in [6.07, 6.45) is 2.95. The summed E-state index contributed by atoms with van der Waals surface area (Å²) in [5.74, 6) is 0.615. The van der Waals surface area contributed by atoms with Crippen molar-refractivity contribution in [1.29, 1.82) is 0 Å². The van der Waals surface area contributed by atoms with Crippen LogP contribution >= 0.6 is 0 Å². The number of aryl methyl sites for hydroxylation is 3. The van der Waals surface area contributed by atoms with Crippen molar-refractivity contribution in [3.63, 3.8) is 0 Å². The van der Waals surface area contributed by atoms with Crippen LogP contribution in [0.4, 0.5) is 5.69 Å². The predicted octanol–water partition coefficient (Wildman–Crippen LogP) is 2.23. The summed E-state index contributed by atoms with van der Waals surface area (Å²) in [7, 11) is 3.44. The van der Waals surface area contributed by atoms with E-state index in [1.54, 1.807) is 34.2 Å². The zero-order valence-electron chi connectivity index (χ0n) is 19.0. The van der Waals surface area contributed by atoms with Crippen molar-refractivity contribution in [2.45, 2.75) is 25.7 Å². The largest absolute Gasteiger partial charge is 0.493 e. The Morgan fingerprint density at radius 2 is 1.91 bits per heavy atom. The third-order valence-corrected chi connectivity index (χ3v) is 6.78. The van der Waals surface area contributed by atoms with E-state index >= 15 is 0 Å². The number of anilines is 1. The van der Waals surface area contributed by atoms with Gasteiger partial charge >= 0.3 is 5.69 Å². The zero-order valence-corrected chi connectivity index (χ0v) is 19.0. The fourth-order valence-electron chi connectivity index (χ4n) is 4.84. The number of nitrogens with zero attached hydrogens (tertiary/aromatic N) is 3. The van der Waals surface area contributed by atoms with E-state index in [1.807, 2.05) is 24.3 Å². The average Bonchev–Trinajstić information content (AvgIpc) is 3.40. The van der Waals surface area contributed by atoms with Crippen LogP contribution in [0, 0.1) is 5.92 Å². The Morgan fingerprint density at radius 3 is 2.76 bits per heavy atom. The summed E-state index contributed by atoms with van der Waals surface area (Å²) in [6, 6.07) is 11.4. The number of amides is 2. The fraction of sp³-hybridized carbons (Fsp3) is 0.400. The summed E-state index contributed by atoms with van der Waals surface area (Å²) in [6.45, 7) is 1.75. The van der Waals surface area contributed by atoms with Crippen molar-refractivity contribution in [3.05, 3.63) is 58.0 Å². The van der Waals surface area contributed by atoms with Crippen molar-refractivity contribution < 1.29 is 14.3 Å². The molecule has 2 aliphatic heterocycles. The van der Waals surface area contributed by atoms with Crippen molar-refractivity contribution in [2.24, 2.45) is 20.0 Å². The van der Waals surface area contributed by atoms with E-state index in [0.29, 0.717) is 31.6 Å². The SMILES string of the molecule is Cn1c(=O)n(C)c2cc(NC(=O)C3CCN(C(=O)Cc4ccc5c(c4)CCCO5)C3)ccc21. The molecule has 3 aromatic rings. The maximum atomic E-state index is 12.9. The molecule has 8 heteroatoms. The van der Waals surface area contributed by atoms with Crippen LogP contribution in [0.5, 0.6) is 5.75 Å². The van der Waals surface area contributed by atoms with Crippen LogP contribution < -0.4 is 15.7 Å². The maximum Gasteiger partial charge on any atom is 0.328 e. The van der Waals surface area contributed by atoms with Crippen LogP contribution in [0.15, 0.2) is 41.2 Å². The fourth-order valence-corrected chi connectivity index (χ4v) is 4.84. The Bertz CT molecular complexity index is 1310. The molecule has 1 aromatic heterocycles. The van der Waals surface area contributed by atoms with Gasteiger partial charge in [-0.3, -0.25) is 18.7 Å². The number of likely N-dealkylation sites (tertiary alicyclic amines) is 1. The third-order valence-electron chi connectivity index (χ3n) is 6.78. The van der Waals surface area contributed by atoms with Crippen molar-refractivity contribution in [2.75, 3.05) is 25.0 Å². The van der Waals surface area contributed by atoms with E-state index in [1.165, 1.54) is 0 Å².